The van der Waals surface area contributed by atoms with Crippen molar-refractivity contribution >= 4 is 10.0 Å². The molecule has 4 nitrogen and oxygen atoms in total. The highest BCUT2D eigenvalue weighted by Gasteiger charge is 2.32. The normalized spacial score (nSPS) is 22.3. The van der Waals surface area contributed by atoms with Crippen molar-refractivity contribution < 1.29 is 12.8 Å². The topological polar surface area (TPSA) is 49.4 Å². The third kappa shape index (κ3) is 4.31. The van der Waals surface area contributed by atoms with Crippen molar-refractivity contribution in [2.45, 2.75) is 31.4 Å². The molecule has 0 radical (unpaired) electrons. The second-order valence-corrected chi connectivity index (χ2v) is 8.68. The van der Waals surface area contributed by atoms with Gasteiger partial charge in [-0.1, -0.05) is 12.1 Å². The highest BCUT2D eigenvalue weighted by molar-refractivity contribution is 7.88. The van der Waals surface area contributed by atoms with Crippen molar-refractivity contribution in [1.82, 2.24) is 9.62 Å². The van der Waals surface area contributed by atoms with E-state index in [2.05, 4.69) is 5.32 Å². The van der Waals surface area contributed by atoms with Gasteiger partial charge in [0.25, 0.3) is 0 Å². The van der Waals surface area contributed by atoms with Crippen molar-refractivity contribution in [3.05, 3.63) is 35.6 Å². The first-order valence-corrected chi connectivity index (χ1v) is 10.1. The van der Waals surface area contributed by atoms with Gasteiger partial charge in [-0.05, 0) is 68.3 Å². The highest BCUT2D eigenvalue weighted by Crippen LogP contribution is 2.32. The van der Waals surface area contributed by atoms with Crippen LogP contribution in [0.2, 0.25) is 0 Å². The van der Waals surface area contributed by atoms with Gasteiger partial charge in [0.1, 0.15) is 5.82 Å². The zero-order chi connectivity index (χ0) is 16.3. The maximum atomic E-state index is 12.9. The number of rotatable bonds is 4. The minimum Gasteiger partial charge on any atom is -0.317 e. The lowest BCUT2D eigenvalue weighted by atomic mass is 9.79. The van der Waals surface area contributed by atoms with E-state index in [1.54, 1.807) is 16.4 Å². The summed E-state index contributed by atoms with van der Waals surface area (Å²) in [5.74, 6) is 1.03. The smallest absolute Gasteiger partial charge is 0.218 e. The van der Waals surface area contributed by atoms with Gasteiger partial charge in [-0.3, -0.25) is 0 Å². The molecule has 6 heteroatoms. The molecule has 1 N–H and O–H groups in total. The number of piperidine rings is 2. The molecule has 0 unspecified atom stereocenters. The third-order valence-electron chi connectivity index (χ3n) is 5.20. The molecule has 0 atom stereocenters. The summed E-state index contributed by atoms with van der Waals surface area (Å²) in [5, 5.41) is 3.39. The van der Waals surface area contributed by atoms with Gasteiger partial charge in [-0.15, -0.1) is 0 Å². The Hall–Kier alpha value is -0.980. The Morgan fingerprint density at radius 3 is 2.17 bits per heavy atom. The first-order valence-electron chi connectivity index (χ1n) is 8.47. The number of halogens is 1. The van der Waals surface area contributed by atoms with Crippen LogP contribution >= 0.6 is 0 Å². The molecule has 0 aromatic heterocycles. The van der Waals surface area contributed by atoms with Crippen molar-refractivity contribution in [3.8, 4) is 0 Å². The van der Waals surface area contributed by atoms with Gasteiger partial charge in [0, 0.05) is 13.1 Å². The Balaban J connectivity index is 1.56. The lowest BCUT2D eigenvalue weighted by Gasteiger charge is -2.37. The van der Waals surface area contributed by atoms with E-state index in [1.807, 2.05) is 0 Å². The summed E-state index contributed by atoms with van der Waals surface area (Å²) >= 11 is 0. The van der Waals surface area contributed by atoms with Gasteiger partial charge >= 0.3 is 0 Å². The van der Waals surface area contributed by atoms with E-state index >= 15 is 0 Å². The average Bonchev–Trinajstić information content (AvgIpc) is 2.58. The molecule has 2 aliphatic rings. The van der Waals surface area contributed by atoms with Crippen LogP contribution in [0.3, 0.4) is 0 Å². The summed E-state index contributed by atoms with van der Waals surface area (Å²) < 4.78 is 39.6. The minimum atomic E-state index is -3.30. The van der Waals surface area contributed by atoms with Crippen LogP contribution in [0.15, 0.2) is 24.3 Å². The standard InChI is InChI=1S/C17H25FN2O2S/c18-17-3-1-14(2-4-17)13-23(21,22)20-11-7-16(8-12-20)15-5-9-19-10-6-15/h1-4,15-16,19H,5-13H2. The van der Waals surface area contributed by atoms with Crippen LogP contribution in [0.5, 0.6) is 0 Å². The van der Waals surface area contributed by atoms with Gasteiger partial charge in [-0.2, -0.15) is 0 Å². The number of nitrogens with zero attached hydrogens (tertiary/aromatic N) is 1. The fraction of sp³-hybridized carbons (Fsp3) is 0.647. The number of nitrogens with one attached hydrogen (secondary N) is 1. The molecule has 2 aliphatic heterocycles. The van der Waals surface area contributed by atoms with Crippen LogP contribution in [0.1, 0.15) is 31.2 Å². The Morgan fingerprint density at radius 2 is 1.57 bits per heavy atom. The van der Waals surface area contributed by atoms with Gasteiger partial charge in [0.15, 0.2) is 0 Å². The molecule has 0 aliphatic carbocycles. The summed E-state index contributed by atoms with van der Waals surface area (Å²) in [7, 11) is -3.30. The van der Waals surface area contributed by atoms with Gasteiger partial charge in [0.2, 0.25) is 10.0 Å². The Bertz CT molecular complexity index is 604. The molecular weight excluding hydrogens is 315 g/mol. The van der Waals surface area contributed by atoms with Crippen LogP contribution in [-0.2, 0) is 15.8 Å². The van der Waals surface area contributed by atoms with E-state index in [9.17, 15) is 12.8 Å². The van der Waals surface area contributed by atoms with Gasteiger partial charge < -0.3 is 5.32 Å². The molecule has 23 heavy (non-hydrogen) atoms. The molecule has 0 bridgehead atoms. The van der Waals surface area contributed by atoms with Crippen LogP contribution < -0.4 is 5.32 Å². The number of hydrogen-bond donors (Lipinski definition) is 1. The molecule has 0 amide bonds. The van der Waals surface area contributed by atoms with Crippen molar-refractivity contribution in [1.29, 1.82) is 0 Å². The first kappa shape index (κ1) is 16.9. The second kappa shape index (κ2) is 7.28. The van der Waals surface area contributed by atoms with Crippen molar-refractivity contribution in [3.63, 3.8) is 0 Å². The fourth-order valence-electron chi connectivity index (χ4n) is 3.82. The van der Waals surface area contributed by atoms with E-state index in [0.29, 0.717) is 24.6 Å². The monoisotopic (exact) mass is 340 g/mol. The SMILES string of the molecule is O=S(=O)(Cc1ccc(F)cc1)N1CCC(C2CCNCC2)CC1. The van der Waals surface area contributed by atoms with E-state index in [4.69, 9.17) is 0 Å². The van der Waals surface area contributed by atoms with Gasteiger partial charge in [-0.25, -0.2) is 17.1 Å². The Morgan fingerprint density at radius 1 is 1.00 bits per heavy atom. The van der Waals surface area contributed by atoms with E-state index in [0.717, 1.165) is 31.8 Å². The van der Waals surface area contributed by atoms with Crippen LogP contribution in [0, 0.1) is 17.7 Å². The van der Waals surface area contributed by atoms with E-state index in [1.165, 1.54) is 25.0 Å². The van der Waals surface area contributed by atoms with Crippen LogP contribution in [0.4, 0.5) is 4.39 Å². The molecule has 3 rings (SSSR count). The number of hydrogen-bond acceptors (Lipinski definition) is 3. The van der Waals surface area contributed by atoms with Crippen molar-refractivity contribution in [2.24, 2.45) is 11.8 Å². The number of sulfonamides is 1. The fourth-order valence-corrected chi connectivity index (χ4v) is 5.39. The molecule has 1 aromatic rings. The third-order valence-corrected chi connectivity index (χ3v) is 7.05. The minimum absolute atomic E-state index is 0.0364. The molecule has 0 saturated carbocycles. The summed E-state index contributed by atoms with van der Waals surface area (Å²) in [5.41, 5.74) is 0.645. The molecule has 2 heterocycles. The molecular formula is C17H25FN2O2S. The molecule has 2 saturated heterocycles. The maximum absolute atomic E-state index is 12.9. The Kier molecular flexibility index (Phi) is 5.34. The summed E-state index contributed by atoms with van der Waals surface area (Å²) in [4.78, 5) is 0. The second-order valence-electron chi connectivity index (χ2n) is 6.71. The average molecular weight is 340 g/mol. The van der Waals surface area contributed by atoms with E-state index < -0.39 is 10.0 Å². The largest absolute Gasteiger partial charge is 0.317 e. The highest BCUT2D eigenvalue weighted by atomic mass is 32.2. The number of benzene rings is 1. The predicted molar refractivity (Wildman–Crippen MR) is 88.9 cm³/mol. The van der Waals surface area contributed by atoms with E-state index in [-0.39, 0.29) is 11.6 Å². The summed E-state index contributed by atoms with van der Waals surface area (Å²) in [6, 6.07) is 5.73. The lowest BCUT2D eigenvalue weighted by Crippen LogP contribution is -2.42. The predicted octanol–water partition coefficient (Wildman–Crippen LogP) is 2.37. The summed E-state index contributed by atoms with van der Waals surface area (Å²) in [6.07, 6.45) is 4.36. The summed E-state index contributed by atoms with van der Waals surface area (Å²) in [6.45, 7) is 3.43. The van der Waals surface area contributed by atoms with Crippen LogP contribution in [0.25, 0.3) is 0 Å². The zero-order valence-electron chi connectivity index (χ0n) is 13.4. The quantitative estimate of drug-likeness (QED) is 0.915. The van der Waals surface area contributed by atoms with Crippen molar-refractivity contribution in [2.75, 3.05) is 26.2 Å². The molecule has 128 valence electrons. The van der Waals surface area contributed by atoms with Crippen LogP contribution in [-0.4, -0.2) is 38.9 Å². The Labute approximate surface area is 138 Å². The molecule has 2 fully saturated rings. The maximum Gasteiger partial charge on any atom is 0.218 e. The zero-order valence-corrected chi connectivity index (χ0v) is 14.2. The first-order chi connectivity index (χ1) is 11.0. The molecule has 1 aromatic carbocycles. The lowest BCUT2D eigenvalue weighted by molar-refractivity contribution is 0.176. The molecule has 0 spiro atoms. The van der Waals surface area contributed by atoms with Gasteiger partial charge in [0.05, 0.1) is 5.75 Å².